The number of amides is 1. The van der Waals surface area contributed by atoms with Crippen LogP contribution in [0, 0.1) is 0 Å². The van der Waals surface area contributed by atoms with Crippen molar-refractivity contribution < 1.29 is 9.53 Å². The number of benzene rings is 6. The van der Waals surface area contributed by atoms with Crippen molar-refractivity contribution in [2.24, 2.45) is 0 Å². The quantitative estimate of drug-likeness (QED) is 0.175. The number of rotatable bonds is 10. The Balaban J connectivity index is 1.15. The van der Waals surface area contributed by atoms with Gasteiger partial charge in [0.25, 0.3) is 5.91 Å². The summed E-state index contributed by atoms with van der Waals surface area (Å²) in [7, 11) is 0. The van der Waals surface area contributed by atoms with Crippen LogP contribution in [0.4, 0.5) is 0 Å². The lowest BCUT2D eigenvalue weighted by Gasteiger charge is -2.12. The van der Waals surface area contributed by atoms with Crippen molar-refractivity contribution >= 4 is 27.7 Å². The van der Waals surface area contributed by atoms with E-state index >= 15 is 0 Å². The van der Waals surface area contributed by atoms with Crippen molar-refractivity contribution in [2.75, 3.05) is 6.54 Å². The van der Waals surface area contributed by atoms with E-state index in [-0.39, 0.29) is 5.91 Å². The summed E-state index contributed by atoms with van der Waals surface area (Å²) < 4.78 is 8.48. The third kappa shape index (κ3) is 6.48. The number of nitrogens with one attached hydrogen (secondary N) is 1. The first-order valence-electron chi connectivity index (χ1n) is 15.3. The van der Waals surface area contributed by atoms with Gasteiger partial charge in [-0.1, -0.05) is 115 Å². The first kappa shape index (κ1) is 28.1. The van der Waals surface area contributed by atoms with Gasteiger partial charge in [0.1, 0.15) is 18.2 Å². The number of fused-ring (bicyclic) bond motifs is 2. The van der Waals surface area contributed by atoms with Crippen LogP contribution >= 0.6 is 0 Å². The number of hydrogen-bond acceptors (Lipinski definition) is 3. The molecule has 5 heteroatoms. The Morgan fingerprint density at radius 1 is 0.667 bits per heavy atom. The van der Waals surface area contributed by atoms with Gasteiger partial charge in [-0.3, -0.25) is 4.79 Å². The molecule has 0 radical (unpaired) electrons. The maximum atomic E-state index is 13.1. The highest BCUT2D eigenvalue weighted by molar-refractivity contribution is 5.97. The topological polar surface area (TPSA) is 56.1 Å². The average molecular weight is 588 g/mol. The van der Waals surface area contributed by atoms with E-state index in [1.807, 2.05) is 60.7 Å². The van der Waals surface area contributed by atoms with E-state index in [4.69, 9.17) is 9.72 Å². The van der Waals surface area contributed by atoms with Gasteiger partial charge in [0.05, 0.1) is 11.0 Å². The highest BCUT2D eigenvalue weighted by Gasteiger charge is 2.15. The van der Waals surface area contributed by atoms with Gasteiger partial charge in [-0.15, -0.1) is 0 Å². The molecule has 1 aromatic heterocycles. The summed E-state index contributed by atoms with van der Waals surface area (Å²) in [6.07, 6.45) is 0.781. The first-order chi connectivity index (χ1) is 22.2. The van der Waals surface area contributed by atoms with Crippen LogP contribution in [0.25, 0.3) is 32.9 Å². The number of aromatic nitrogens is 2. The fraction of sp³-hybridized carbons (Fsp3) is 0.100. The Hall–Kier alpha value is -5.68. The summed E-state index contributed by atoms with van der Waals surface area (Å²) in [6, 6.07) is 49.3. The molecule has 0 aliphatic rings. The standard InChI is InChI=1S/C40H33N3O2/c44-40(41-24-23-29-9-3-1-4-10-29)35-20-22-38-37(26-35)42-39(28-45-36-21-19-32-13-7-8-14-34(32)25-36)43(38)27-30-15-17-33(18-16-30)31-11-5-2-6-12-31/h1-22,25-26H,23-24,27-28H2,(H,41,44). The van der Waals surface area contributed by atoms with Gasteiger partial charge in [0.2, 0.25) is 0 Å². The molecule has 1 N–H and O–H groups in total. The van der Waals surface area contributed by atoms with E-state index in [1.54, 1.807) is 0 Å². The third-order valence-electron chi connectivity index (χ3n) is 8.12. The Morgan fingerprint density at radius 2 is 1.38 bits per heavy atom. The minimum Gasteiger partial charge on any atom is -0.486 e. The van der Waals surface area contributed by atoms with Crippen LogP contribution in [-0.2, 0) is 19.6 Å². The summed E-state index contributed by atoms with van der Waals surface area (Å²) in [5.74, 6) is 1.48. The van der Waals surface area contributed by atoms with Crippen LogP contribution in [0.2, 0.25) is 0 Å². The van der Waals surface area contributed by atoms with Crippen LogP contribution in [0.3, 0.4) is 0 Å². The van der Waals surface area contributed by atoms with Crippen LogP contribution in [0.1, 0.15) is 27.3 Å². The number of ether oxygens (including phenoxy) is 1. The smallest absolute Gasteiger partial charge is 0.251 e. The molecule has 1 amide bonds. The van der Waals surface area contributed by atoms with E-state index in [0.29, 0.717) is 25.3 Å². The Labute approximate surface area is 262 Å². The van der Waals surface area contributed by atoms with Crippen molar-refractivity contribution in [3.05, 3.63) is 168 Å². The summed E-state index contributed by atoms with van der Waals surface area (Å²) in [6.45, 7) is 1.50. The van der Waals surface area contributed by atoms with Gasteiger partial charge in [-0.2, -0.15) is 0 Å². The van der Waals surface area contributed by atoms with Gasteiger partial charge in [-0.25, -0.2) is 4.98 Å². The maximum Gasteiger partial charge on any atom is 0.251 e. The lowest BCUT2D eigenvalue weighted by atomic mass is 10.0. The van der Waals surface area contributed by atoms with E-state index in [9.17, 15) is 4.79 Å². The third-order valence-corrected chi connectivity index (χ3v) is 8.12. The van der Waals surface area contributed by atoms with E-state index in [1.165, 1.54) is 22.1 Å². The van der Waals surface area contributed by atoms with Gasteiger partial charge in [-0.05, 0) is 69.8 Å². The molecule has 220 valence electrons. The highest BCUT2D eigenvalue weighted by atomic mass is 16.5. The second-order valence-electron chi connectivity index (χ2n) is 11.2. The molecule has 0 atom stereocenters. The second kappa shape index (κ2) is 12.9. The first-order valence-corrected chi connectivity index (χ1v) is 15.3. The molecule has 0 saturated carbocycles. The van der Waals surface area contributed by atoms with Gasteiger partial charge < -0.3 is 14.6 Å². The molecular formula is C40H33N3O2. The molecule has 0 spiro atoms. The predicted octanol–water partition coefficient (Wildman–Crippen LogP) is 8.46. The highest BCUT2D eigenvalue weighted by Crippen LogP contribution is 2.25. The van der Waals surface area contributed by atoms with Crippen LogP contribution in [0.15, 0.2) is 146 Å². The molecule has 7 aromatic rings. The van der Waals surface area contributed by atoms with Crippen molar-refractivity contribution in [3.63, 3.8) is 0 Å². The zero-order valence-electron chi connectivity index (χ0n) is 24.9. The minimum atomic E-state index is -0.104. The summed E-state index contributed by atoms with van der Waals surface area (Å²) in [4.78, 5) is 18.0. The molecule has 0 aliphatic carbocycles. The molecule has 7 rings (SSSR count). The Kier molecular flexibility index (Phi) is 8.06. The summed E-state index contributed by atoms with van der Waals surface area (Å²) in [5, 5.41) is 5.36. The van der Waals surface area contributed by atoms with E-state index in [2.05, 4.69) is 94.8 Å². The lowest BCUT2D eigenvalue weighted by Crippen LogP contribution is -2.25. The normalized spacial score (nSPS) is 11.1. The van der Waals surface area contributed by atoms with Gasteiger partial charge in [0, 0.05) is 18.7 Å². The molecule has 5 nitrogen and oxygen atoms in total. The largest absolute Gasteiger partial charge is 0.486 e. The zero-order valence-corrected chi connectivity index (χ0v) is 24.9. The van der Waals surface area contributed by atoms with Crippen LogP contribution in [0.5, 0.6) is 5.75 Å². The Morgan fingerprint density at radius 3 is 2.18 bits per heavy atom. The monoisotopic (exact) mass is 587 g/mol. The second-order valence-corrected chi connectivity index (χ2v) is 11.2. The molecule has 45 heavy (non-hydrogen) atoms. The van der Waals surface area contributed by atoms with Gasteiger partial charge >= 0.3 is 0 Å². The number of carbonyl (C=O) groups excluding carboxylic acids is 1. The van der Waals surface area contributed by atoms with E-state index in [0.717, 1.165) is 40.0 Å². The summed E-state index contributed by atoms with van der Waals surface area (Å²) in [5.41, 5.74) is 7.04. The Bertz CT molecular complexity index is 2070. The average Bonchev–Trinajstić information content (AvgIpc) is 3.44. The fourth-order valence-corrected chi connectivity index (χ4v) is 5.70. The van der Waals surface area contributed by atoms with Crippen molar-refractivity contribution in [1.29, 1.82) is 0 Å². The molecular weight excluding hydrogens is 554 g/mol. The fourth-order valence-electron chi connectivity index (χ4n) is 5.70. The van der Waals surface area contributed by atoms with Gasteiger partial charge in [0.15, 0.2) is 0 Å². The van der Waals surface area contributed by atoms with Crippen molar-refractivity contribution in [3.8, 4) is 16.9 Å². The summed E-state index contributed by atoms with van der Waals surface area (Å²) >= 11 is 0. The zero-order chi connectivity index (χ0) is 30.4. The SMILES string of the molecule is O=C(NCCc1ccccc1)c1ccc2c(c1)nc(COc1ccc3ccccc3c1)n2Cc1ccc(-c2ccccc2)cc1. The molecule has 0 unspecified atom stereocenters. The minimum absolute atomic E-state index is 0.104. The van der Waals surface area contributed by atoms with Crippen molar-refractivity contribution in [1.82, 2.24) is 14.9 Å². The van der Waals surface area contributed by atoms with E-state index < -0.39 is 0 Å². The van der Waals surface area contributed by atoms with Crippen molar-refractivity contribution in [2.45, 2.75) is 19.6 Å². The number of nitrogens with zero attached hydrogens (tertiary/aromatic N) is 2. The molecule has 1 heterocycles. The van der Waals surface area contributed by atoms with Crippen LogP contribution in [-0.4, -0.2) is 22.0 Å². The predicted molar refractivity (Wildman–Crippen MR) is 181 cm³/mol. The number of imidazole rings is 1. The molecule has 0 bridgehead atoms. The molecule has 0 aliphatic heterocycles. The molecule has 6 aromatic carbocycles. The molecule has 0 fully saturated rings. The maximum absolute atomic E-state index is 13.1. The van der Waals surface area contributed by atoms with Crippen LogP contribution < -0.4 is 10.1 Å². The number of carbonyl (C=O) groups is 1. The molecule has 0 saturated heterocycles. The number of hydrogen-bond donors (Lipinski definition) is 1. The lowest BCUT2D eigenvalue weighted by molar-refractivity contribution is 0.0954.